The van der Waals surface area contributed by atoms with Gasteiger partial charge in [-0.2, -0.15) is 0 Å². The topological polar surface area (TPSA) is 27.7 Å². The maximum atomic E-state index is 5.74. The normalized spacial score (nSPS) is 32.1. The molecule has 1 aliphatic carbocycles. The third-order valence-electron chi connectivity index (χ3n) is 5.54. The summed E-state index contributed by atoms with van der Waals surface area (Å²) in [4.78, 5) is 5.04. The summed E-state index contributed by atoms with van der Waals surface area (Å²) in [5.74, 6) is 0.891. The summed E-state index contributed by atoms with van der Waals surface area (Å²) >= 11 is 0. The van der Waals surface area contributed by atoms with Gasteiger partial charge < -0.3 is 19.9 Å². The first-order valence-electron chi connectivity index (χ1n) is 8.83. The molecule has 0 spiro atoms. The molecule has 0 aromatic rings. The van der Waals surface area contributed by atoms with Crippen LogP contribution in [0.3, 0.4) is 0 Å². The fraction of sp³-hybridized carbons (Fsp3) is 1.00. The zero-order chi connectivity index (χ0) is 14.7. The third-order valence-corrected chi connectivity index (χ3v) is 5.54. The maximum absolute atomic E-state index is 5.74. The highest BCUT2D eigenvalue weighted by molar-refractivity contribution is 4.92. The molecule has 1 unspecified atom stereocenters. The zero-order valence-electron chi connectivity index (χ0n) is 13.9. The van der Waals surface area contributed by atoms with E-state index in [2.05, 4.69) is 29.2 Å². The molecule has 3 rings (SSSR count). The van der Waals surface area contributed by atoms with E-state index in [0.29, 0.717) is 5.41 Å². The van der Waals surface area contributed by atoms with E-state index in [1.807, 2.05) is 0 Å². The van der Waals surface area contributed by atoms with Crippen molar-refractivity contribution in [2.45, 2.75) is 38.1 Å². The minimum Gasteiger partial charge on any atom is -0.381 e. The molecule has 1 saturated carbocycles. The van der Waals surface area contributed by atoms with E-state index >= 15 is 0 Å². The van der Waals surface area contributed by atoms with Gasteiger partial charge in [0, 0.05) is 37.7 Å². The molecular weight excluding hydrogens is 262 g/mol. The molecule has 0 amide bonds. The van der Waals surface area contributed by atoms with Crippen molar-refractivity contribution in [1.29, 1.82) is 0 Å². The lowest BCUT2D eigenvalue weighted by atomic mass is 9.86. The lowest BCUT2D eigenvalue weighted by Crippen LogP contribution is -2.46. The van der Waals surface area contributed by atoms with Crippen molar-refractivity contribution in [1.82, 2.24) is 15.1 Å². The Morgan fingerprint density at radius 1 is 1.24 bits per heavy atom. The molecule has 2 saturated heterocycles. The van der Waals surface area contributed by atoms with Gasteiger partial charge in [0.2, 0.25) is 0 Å². The number of hydrogen-bond acceptors (Lipinski definition) is 4. The SMILES string of the molecule is CN1CCC(CN(C)CC2(CNC3CC3)CCOC2)CC1. The quantitative estimate of drug-likeness (QED) is 0.769. The highest BCUT2D eigenvalue weighted by Gasteiger charge is 2.37. The van der Waals surface area contributed by atoms with Crippen molar-refractivity contribution in [2.75, 3.05) is 60.0 Å². The summed E-state index contributed by atoms with van der Waals surface area (Å²) in [7, 11) is 4.56. The summed E-state index contributed by atoms with van der Waals surface area (Å²) < 4.78 is 5.74. The van der Waals surface area contributed by atoms with Gasteiger partial charge in [0.25, 0.3) is 0 Å². The molecule has 2 heterocycles. The Hall–Kier alpha value is -0.160. The molecule has 1 atom stereocenters. The van der Waals surface area contributed by atoms with Crippen molar-refractivity contribution < 1.29 is 4.74 Å². The standard InChI is InChI=1S/C17H33N3O/c1-19-8-5-15(6-9-19)11-20(2)13-17(7-10-21-14-17)12-18-16-3-4-16/h15-16,18H,3-14H2,1-2H3. The molecule has 0 aromatic carbocycles. The first kappa shape index (κ1) is 15.7. The highest BCUT2D eigenvalue weighted by Crippen LogP contribution is 2.31. The van der Waals surface area contributed by atoms with E-state index in [4.69, 9.17) is 4.74 Å². The number of hydrogen-bond donors (Lipinski definition) is 1. The van der Waals surface area contributed by atoms with Crippen LogP contribution < -0.4 is 5.32 Å². The minimum absolute atomic E-state index is 0.364. The number of ether oxygens (including phenoxy) is 1. The van der Waals surface area contributed by atoms with Crippen molar-refractivity contribution >= 4 is 0 Å². The number of rotatable bonds is 7. The Bertz CT molecular complexity index is 318. The molecule has 0 aromatic heterocycles. The number of piperidine rings is 1. The second-order valence-corrected chi connectivity index (χ2v) is 7.90. The Labute approximate surface area is 130 Å². The zero-order valence-corrected chi connectivity index (χ0v) is 13.9. The van der Waals surface area contributed by atoms with Crippen LogP contribution in [0.5, 0.6) is 0 Å². The van der Waals surface area contributed by atoms with Gasteiger partial charge >= 0.3 is 0 Å². The van der Waals surface area contributed by atoms with Gasteiger partial charge in [-0.25, -0.2) is 0 Å². The van der Waals surface area contributed by atoms with Crippen LogP contribution in [-0.4, -0.2) is 75.9 Å². The smallest absolute Gasteiger partial charge is 0.0547 e. The fourth-order valence-electron chi connectivity index (χ4n) is 3.94. The first-order chi connectivity index (χ1) is 10.2. The molecule has 4 nitrogen and oxygen atoms in total. The van der Waals surface area contributed by atoms with Crippen molar-refractivity contribution in [3.8, 4) is 0 Å². The molecule has 2 aliphatic heterocycles. The van der Waals surface area contributed by atoms with Crippen LogP contribution in [0.4, 0.5) is 0 Å². The van der Waals surface area contributed by atoms with E-state index < -0.39 is 0 Å². The van der Waals surface area contributed by atoms with Gasteiger partial charge in [-0.3, -0.25) is 0 Å². The average molecular weight is 295 g/mol. The average Bonchev–Trinajstić information content (AvgIpc) is 3.19. The molecule has 0 radical (unpaired) electrons. The summed E-state index contributed by atoms with van der Waals surface area (Å²) in [6, 6.07) is 0.807. The van der Waals surface area contributed by atoms with E-state index in [-0.39, 0.29) is 0 Å². The molecule has 122 valence electrons. The van der Waals surface area contributed by atoms with E-state index in [0.717, 1.165) is 31.7 Å². The summed E-state index contributed by atoms with van der Waals surface area (Å²) in [6.45, 7) is 8.05. The molecule has 1 N–H and O–H groups in total. The molecule has 3 fully saturated rings. The summed E-state index contributed by atoms with van der Waals surface area (Å²) in [5.41, 5.74) is 0.364. The molecular formula is C17H33N3O. The molecule has 0 bridgehead atoms. The first-order valence-corrected chi connectivity index (χ1v) is 8.83. The number of nitrogens with one attached hydrogen (secondary N) is 1. The predicted molar refractivity (Wildman–Crippen MR) is 86.6 cm³/mol. The Morgan fingerprint density at radius 2 is 2.00 bits per heavy atom. The third kappa shape index (κ3) is 4.65. The lowest BCUT2D eigenvalue weighted by Gasteiger charge is -2.36. The van der Waals surface area contributed by atoms with Crippen molar-refractivity contribution in [3.63, 3.8) is 0 Å². The number of likely N-dealkylation sites (tertiary alicyclic amines) is 1. The summed E-state index contributed by atoms with van der Waals surface area (Å²) in [5, 5.41) is 3.74. The van der Waals surface area contributed by atoms with Gasteiger partial charge in [-0.1, -0.05) is 0 Å². The molecule has 21 heavy (non-hydrogen) atoms. The minimum atomic E-state index is 0.364. The molecule has 4 heteroatoms. The predicted octanol–water partition coefficient (Wildman–Crippen LogP) is 1.42. The van der Waals surface area contributed by atoms with Crippen LogP contribution in [0.1, 0.15) is 32.1 Å². The van der Waals surface area contributed by atoms with E-state index in [1.165, 1.54) is 58.3 Å². The van der Waals surface area contributed by atoms with Crippen LogP contribution in [0.15, 0.2) is 0 Å². The second-order valence-electron chi connectivity index (χ2n) is 7.90. The van der Waals surface area contributed by atoms with Crippen LogP contribution in [0.2, 0.25) is 0 Å². The van der Waals surface area contributed by atoms with Gasteiger partial charge in [-0.15, -0.1) is 0 Å². The van der Waals surface area contributed by atoms with Gasteiger partial charge in [0.05, 0.1) is 6.61 Å². The van der Waals surface area contributed by atoms with Crippen LogP contribution in [-0.2, 0) is 4.74 Å². The fourth-order valence-corrected chi connectivity index (χ4v) is 3.94. The maximum Gasteiger partial charge on any atom is 0.0547 e. The Morgan fingerprint density at radius 3 is 2.62 bits per heavy atom. The molecule has 3 aliphatic rings. The van der Waals surface area contributed by atoms with Gasteiger partial charge in [0.1, 0.15) is 0 Å². The van der Waals surface area contributed by atoms with Crippen LogP contribution >= 0.6 is 0 Å². The largest absolute Gasteiger partial charge is 0.381 e. The Kier molecular flexibility index (Phi) is 5.20. The highest BCUT2D eigenvalue weighted by atomic mass is 16.5. The lowest BCUT2D eigenvalue weighted by molar-refractivity contribution is 0.102. The van der Waals surface area contributed by atoms with Gasteiger partial charge in [-0.05, 0) is 65.2 Å². The van der Waals surface area contributed by atoms with Crippen molar-refractivity contribution in [3.05, 3.63) is 0 Å². The van der Waals surface area contributed by atoms with Crippen molar-refractivity contribution in [2.24, 2.45) is 11.3 Å². The second kappa shape index (κ2) is 6.95. The Balaban J connectivity index is 1.45. The summed E-state index contributed by atoms with van der Waals surface area (Å²) in [6.07, 6.45) is 6.71. The number of nitrogens with zero attached hydrogens (tertiary/aromatic N) is 2. The van der Waals surface area contributed by atoms with Crippen LogP contribution in [0, 0.1) is 11.3 Å². The monoisotopic (exact) mass is 295 g/mol. The van der Waals surface area contributed by atoms with E-state index in [9.17, 15) is 0 Å². The van der Waals surface area contributed by atoms with Crippen LogP contribution in [0.25, 0.3) is 0 Å². The van der Waals surface area contributed by atoms with Gasteiger partial charge in [0.15, 0.2) is 0 Å². The van der Waals surface area contributed by atoms with E-state index in [1.54, 1.807) is 0 Å².